The fourth-order valence-electron chi connectivity index (χ4n) is 3.08. The molecule has 7 heteroatoms. The highest BCUT2D eigenvalue weighted by Crippen LogP contribution is 2.42. The standard InChI is InChI=1S/C18H12ClF2NO2S/c19-15-14-12(24-18(20)21)6-3-7-13(14)25-16(15)17(23)22-9-8-10-4-1-2-5-11(10)22/h1-7,18H,8-9H2. The second kappa shape index (κ2) is 6.28. The number of hydrogen-bond acceptors (Lipinski definition) is 3. The molecule has 128 valence electrons. The van der Waals surface area contributed by atoms with Crippen LogP contribution in [0.15, 0.2) is 42.5 Å². The number of fused-ring (bicyclic) bond motifs is 2. The molecule has 0 N–H and O–H groups in total. The maximum absolute atomic E-state index is 13.0. The van der Waals surface area contributed by atoms with Crippen LogP contribution >= 0.6 is 22.9 Å². The minimum absolute atomic E-state index is 0.0189. The average molecular weight is 380 g/mol. The Morgan fingerprint density at radius 1 is 1.20 bits per heavy atom. The molecule has 4 rings (SSSR count). The van der Waals surface area contributed by atoms with E-state index in [1.165, 1.54) is 17.4 Å². The minimum Gasteiger partial charge on any atom is -0.434 e. The van der Waals surface area contributed by atoms with E-state index in [1.807, 2.05) is 24.3 Å². The smallest absolute Gasteiger partial charge is 0.387 e. The van der Waals surface area contributed by atoms with Crippen molar-refractivity contribution < 1.29 is 18.3 Å². The zero-order valence-electron chi connectivity index (χ0n) is 12.8. The average Bonchev–Trinajstić information content (AvgIpc) is 3.16. The maximum Gasteiger partial charge on any atom is 0.387 e. The number of nitrogens with zero attached hydrogens (tertiary/aromatic N) is 1. The van der Waals surface area contributed by atoms with Gasteiger partial charge >= 0.3 is 6.61 Å². The molecule has 3 nitrogen and oxygen atoms in total. The van der Waals surface area contributed by atoms with Crippen LogP contribution in [0.25, 0.3) is 10.1 Å². The summed E-state index contributed by atoms with van der Waals surface area (Å²) >= 11 is 7.57. The number of halogens is 3. The Bertz CT molecular complexity index is 973. The number of rotatable bonds is 3. The molecule has 0 saturated carbocycles. The first-order valence-corrected chi connectivity index (χ1v) is 8.81. The number of thiophene rings is 1. The number of alkyl halides is 2. The number of benzene rings is 2. The van der Waals surface area contributed by atoms with Crippen molar-refractivity contribution in [1.29, 1.82) is 0 Å². The van der Waals surface area contributed by atoms with Gasteiger partial charge in [0.05, 0.1) is 10.4 Å². The number of ether oxygens (including phenoxy) is 1. The van der Waals surface area contributed by atoms with Crippen LogP contribution in [0.5, 0.6) is 5.75 Å². The van der Waals surface area contributed by atoms with Gasteiger partial charge in [-0.25, -0.2) is 0 Å². The van der Waals surface area contributed by atoms with E-state index < -0.39 is 6.61 Å². The Labute approximate surface area is 151 Å². The molecule has 0 unspecified atom stereocenters. The van der Waals surface area contributed by atoms with Crippen molar-refractivity contribution in [3.8, 4) is 5.75 Å². The number of anilines is 1. The number of hydrogen-bond donors (Lipinski definition) is 0. The highest BCUT2D eigenvalue weighted by Gasteiger charge is 2.29. The molecule has 0 saturated heterocycles. The summed E-state index contributed by atoms with van der Waals surface area (Å²) in [5, 5.41) is 0.510. The van der Waals surface area contributed by atoms with E-state index in [9.17, 15) is 13.6 Å². The normalized spacial score (nSPS) is 13.5. The molecule has 1 aromatic heterocycles. The Hall–Kier alpha value is -2.18. The Kier molecular flexibility index (Phi) is 4.09. The fraction of sp³-hybridized carbons (Fsp3) is 0.167. The van der Waals surface area contributed by atoms with Crippen molar-refractivity contribution in [2.75, 3.05) is 11.4 Å². The van der Waals surface area contributed by atoms with Gasteiger partial charge in [-0.1, -0.05) is 35.9 Å². The van der Waals surface area contributed by atoms with Gasteiger partial charge in [-0.3, -0.25) is 4.79 Å². The lowest BCUT2D eigenvalue weighted by Crippen LogP contribution is -2.28. The van der Waals surface area contributed by atoms with Crippen molar-refractivity contribution in [3.63, 3.8) is 0 Å². The summed E-state index contributed by atoms with van der Waals surface area (Å²) in [7, 11) is 0. The predicted octanol–water partition coefficient (Wildman–Crippen LogP) is 5.36. The molecule has 2 heterocycles. The summed E-state index contributed by atoms with van der Waals surface area (Å²) < 4.78 is 30.4. The lowest BCUT2D eigenvalue weighted by Gasteiger charge is -2.16. The topological polar surface area (TPSA) is 29.5 Å². The monoisotopic (exact) mass is 379 g/mol. The van der Waals surface area contributed by atoms with Crippen LogP contribution in [0.2, 0.25) is 5.02 Å². The van der Waals surface area contributed by atoms with E-state index in [0.29, 0.717) is 21.5 Å². The molecule has 0 fully saturated rings. The van der Waals surface area contributed by atoms with Crippen molar-refractivity contribution in [3.05, 3.63) is 57.9 Å². The van der Waals surface area contributed by atoms with Gasteiger partial charge in [0.15, 0.2) is 0 Å². The van der Waals surface area contributed by atoms with Gasteiger partial charge in [0.2, 0.25) is 0 Å². The molecule has 1 amide bonds. The summed E-state index contributed by atoms with van der Waals surface area (Å²) in [6.45, 7) is -2.38. The van der Waals surface area contributed by atoms with Gasteiger partial charge in [-0.2, -0.15) is 8.78 Å². The van der Waals surface area contributed by atoms with Crippen LogP contribution < -0.4 is 9.64 Å². The fourth-order valence-corrected chi connectivity index (χ4v) is 4.59. The number of carbonyl (C=O) groups is 1. The van der Waals surface area contributed by atoms with E-state index >= 15 is 0 Å². The Balaban J connectivity index is 1.78. The van der Waals surface area contributed by atoms with Gasteiger partial charge < -0.3 is 9.64 Å². The first-order valence-electron chi connectivity index (χ1n) is 7.62. The second-order valence-electron chi connectivity index (χ2n) is 5.59. The molecule has 25 heavy (non-hydrogen) atoms. The van der Waals surface area contributed by atoms with Crippen LogP contribution in [-0.2, 0) is 6.42 Å². The van der Waals surface area contributed by atoms with E-state index in [4.69, 9.17) is 11.6 Å². The van der Waals surface area contributed by atoms with Crippen molar-refractivity contribution in [2.24, 2.45) is 0 Å². The number of carbonyl (C=O) groups excluding carboxylic acids is 1. The van der Waals surface area contributed by atoms with Crippen molar-refractivity contribution in [2.45, 2.75) is 13.0 Å². The largest absolute Gasteiger partial charge is 0.434 e. The molecule has 3 aromatic rings. The van der Waals surface area contributed by atoms with Crippen LogP contribution in [0.3, 0.4) is 0 Å². The second-order valence-corrected chi connectivity index (χ2v) is 7.02. The maximum atomic E-state index is 13.0. The quantitative estimate of drug-likeness (QED) is 0.613. The number of para-hydroxylation sites is 1. The van der Waals surface area contributed by atoms with Crippen LogP contribution in [0, 0.1) is 0 Å². The van der Waals surface area contributed by atoms with E-state index in [1.54, 1.807) is 17.0 Å². The van der Waals surface area contributed by atoms with Crippen LogP contribution in [0.1, 0.15) is 15.2 Å². The molecule has 0 spiro atoms. The SMILES string of the molecule is O=C(c1sc2cccc(OC(F)F)c2c1Cl)N1CCc2ccccc21. The lowest BCUT2D eigenvalue weighted by atomic mass is 10.2. The highest BCUT2D eigenvalue weighted by atomic mass is 35.5. The van der Waals surface area contributed by atoms with Crippen molar-refractivity contribution in [1.82, 2.24) is 0 Å². The summed E-state index contributed by atoms with van der Waals surface area (Å²) in [5.41, 5.74) is 1.97. The molecular formula is C18H12ClF2NO2S. The molecule has 0 aliphatic carbocycles. The molecule has 2 aromatic carbocycles. The predicted molar refractivity (Wildman–Crippen MR) is 95.3 cm³/mol. The van der Waals surface area contributed by atoms with Gasteiger partial charge in [0.25, 0.3) is 5.91 Å². The molecule has 0 atom stereocenters. The van der Waals surface area contributed by atoms with E-state index in [-0.39, 0.29) is 16.7 Å². The first-order chi connectivity index (χ1) is 12.1. The van der Waals surface area contributed by atoms with Gasteiger partial charge in [0.1, 0.15) is 10.6 Å². The third-order valence-corrected chi connectivity index (χ3v) is 5.79. The zero-order valence-corrected chi connectivity index (χ0v) is 14.4. The third kappa shape index (κ3) is 2.75. The molecule has 0 radical (unpaired) electrons. The number of amides is 1. The molecule has 0 bridgehead atoms. The zero-order chi connectivity index (χ0) is 17.6. The van der Waals surface area contributed by atoms with Crippen LogP contribution in [-0.4, -0.2) is 19.1 Å². The molecule has 1 aliphatic rings. The molecule has 1 aliphatic heterocycles. The highest BCUT2D eigenvalue weighted by molar-refractivity contribution is 7.21. The van der Waals surface area contributed by atoms with E-state index in [0.717, 1.165) is 17.7 Å². The van der Waals surface area contributed by atoms with Gasteiger partial charge in [-0.05, 0) is 30.2 Å². The summed E-state index contributed by atoms with van der Waals surface area (Å²) in [4.78, 5) is 15.0. The Morgan fingerprint density at radius 2 is 2.00 bits per heavy atom. The minimum atomic E-state index is -2.95. The van der Waals surface area contributed by atoms with E-state index in [2.05, 4.69) is 4.74 Å². The van der Waals surface area contributed by atoms with Gasteiger partial charge in [-0.15, -0.1) is 11.3 Å². The third-order valence-electron chi connectivity index (χ3n) is 4.16. The Morgan fingerprint density at radius 3 is 2.80 bits per heavy atom. The molecular weight excluding hydrogens is 368 g/mol. The van der Waals surface area contributed by atoms with Crippen molar-refractivity contribution >= 4 is 44.6 Å². The summed E-state index contributed by atoms with van der Waals surface area (Å²) in [5.74, 6) is -0.242. The lowest BCUT2D eigenvalue weighted by molar-refractivity contribution is -0.0487. The first kappa shape index (κ1) is 16.3. The summed E-state index contributed by atoms with van der Waals surface area (Å²) in [6, 6.07) is 12.5. The van der Waals surface area contributed by atoms with Gasteiger partial charge in [0, 0.05) is 16.9 Å². The summed E-state index contributed by atoms with van der Waals surface area (Å²) in [6.07, 6.45) is 0.782. The van der Waals surface area contributed by atoms with Crippen LogP contribution in [0.4, 0.5) is 14.5 Å².